The first-order valence-corrected chi connectivity index (χ1v) is 8.22. The minimum absolute atomic E-state index is 0.572. The zero-order valence-corrected chi connectivity index (χ0v) is 12.6. The van der Waals surface area contributed by atoms with Crippen LogP contribution in [0.2, 0.25) is 0 Å². The summed E-state index contributed by atoms with van der Waals surface area (Å²) in [5.41, 5.74) is 4.06. The molecule has 0 atom stereocenters. The van der Waals surface area contributed by atoms with Crippen molar-refractivity contribution in [2.75, 3.05) is 18.0 Å². The summed E-state index contributed by atoms with van der Waals surface area (Å²) in [5.74, 6) is 0. The molecular weight excluding hydrogens is 244 g/mol. The van der Waals surface area contributed by atoms with Gasteiger partial charge in [0.15, 0.2) is 0 Å². The van der Waals surface area contributed by atoms with Gasteiger partial charge in [0, 0.05) is 31.0 Å². The second-order valence-electron chi connectivity index (χ2n) is 6.31. The molecule has 3 rings (SSSR count). The molecule has 1 aliphatic carbocycles. The van der Waals surface area contributed by atoms with Gasteiger partial charge in [-0.2, -0.15) is 0 Å². The van der Waals surface area contributed by atoms with Crippen molar-refractivity contribution in [3.63, 3.8) is 0 Å². The van der Waals surface area contributed by atoms with E-state index in [9.17, 15) is 0 Å². The number of rotatable bonds is 3. The lowest BCUT2D eigenvalue weighted by molar-refractivity contribution is 0.444. The highest BCUT2D eigenvalue weighted by Crippen LogP contribution is 2.25. The summed E-state index contributed by atoms with van der Waals surface area (Å²) in [5, 5.41) is 0. The molecule has 0 N–H and O–H groups in total. The van der Waals surface area contributed by atoms with E-state index < -0.39 is 0 Å². The summed E-state index contributed by atoms with van der Waals surface area (Å²) in [7, 11) is 0. The largest absolute Gasteiger partial charge is 0.371 e. The van der Waals surface area contributed by atoms with Gasteiger partial charge in [0.2, 0.25) is 0 Å². The van der Waals surface area contributed by atoms with E-state index in [0.29, 0.717) is 6.04 Å². The molecule has 0 bridgehead atoms. The van der Waals surface area contributed by atoms with Crippen LogP contribution in [0.25, 0.3) is 0 Å². The second kappa shape index (κ2) is 6.43. The molecule has 2 heteroatoms. The predicted octanol–water partition coefficient (Wildman–Crippen LogP) is 4.35. The molecule has 2 nitrogen and oxygen atoms in total. The molecule has 108 valence electrons. The Morgan fingerprint density at radius 2 is 1.80 bits per heavy atom. The highest BCUT2D eigenvalue weighted by Gasteiger charge is 2.14. The maximum atomic E-state index is 4.78. The molecule has 1 aromatic rings. The van der Waals surface area contributed by atoms with Gasteiger partial charge < -0.3 is 4.90 Å². The molecule has 1 aromatic carbocycles. The normalized spacial score (nSPS) is 20.9. The molecule has 0 radical (unpaired) electrons. The Bertz CT molecular complexity index is 466. The SMILES string of the molecule is Cc1cc(C=NC2CCCCC2)ccc1N1CCCC1. The monoisotopic (exact) mass is 270 g/mol. The van der Waals surface area contributed by atoms with Crippen molar-refractivity contribution in [2.24, 2.45) is 4.99 Å². The second-order valence-corrected chi connectivity index (χ2v) is 6.31. The van der Waals surface area contributed by atoms with E-state index in [4.69, 9.17) is 4.99 Å². The van der Waals surface area contributed by atoms with Crippen molar-refractivity contribution in [3.05, 3.63) is 29.3 Å². The van der Waals surface area contributed by atoms with Gasteiger partial charge in [0.05, 0.1) is 0 Å². The lowest BCUT2D eigenvalue weighted by Crippen LogP contribution is -2.18. The highest BCUT2D eigenvalue weighted by atomic mass is 15.1. The molecule has 2 fully saturated rings. The summed E-state index contributed by atoms with van der Waals surface area (Å²) in [4.78, 5) is 7.29. The average molecular weight is 270 g/mol. The third-order valence-corrected chi connectivity index (χ3v) is 4.68. The van der Waals surface area contributed by atoms with Crippen molar-refractivity contribution in [1.82, 2.24) is 0 Å². The first kappa shape index (κ1) is 13.7. The fraction of sp³-hybridized carbons (Fsp3) is 0.611. The number of benzene rings is 1. The molecule has 20 heavy (non-hydrogen) atoms. The van der Waals surface area contributed by atoms with E-state index in [1.807, 2.05) is 0 Å². The van der Waals surface area contributed by atoms with Gasteiger partial charge in [0.1, 0.15) is 0 Å². The number of hydrogen-bond acceptors (Lipinski definition) is 2. The van der Waals surface area contributed by atoms with Crippen molar-refractivity contribution in [3.8, 4) is 0 Å². The zero-order chi connectivity index (χ0) is 13.8. The van der Waals surface area contributed by atoms with Crippen LogP contribution in [-0.4, -0.2) is 25.3 Å². The van der Waals surface area contributed by atoms with Crippen LogP contribution in [0.3, 0.4) is 0 Å². The fourth-order valence-electron chi connectivity index (χ4n) is 3.49. The number of aliphatic imine (C=N–C) groups is 1. The van der Waals surface area contributed by atoms with Crippen LogP contribution in [0, 0.1) is 6.92 Å². The number of hydrogen-bond donors (Lipinski definition) is 0. The molecule has 2 aliphatic rings. The van der Waals surface area contributed by atoms with Crippen LogP contribution < -0.4 is 4.90 Å². The maximum absolute atomic E-state index is 4.78. The van der Waals surface area contributed by atoms with Gasteiger partial charge in [-0.3, -0.25) is 4.99 Å². The lowest BCUT2D eigenvalue weighted by Gasteiger charge is -2.20. The molecule has 1 saturated heterocycles. The van der Waals surface area contributed by atoms with Gasteiger partial charge in [-0.15, -0.1) is 0 Å². The van der Waals surface area contributed by atoms with Gasteiger partial charge in [-0.1, -0.05) is 25.3 Å². The predicted molar refractivity (Wildman–Crippen MR) is 87.1 cm³/mol. The Morgan fingerprint density at radius 3 is 2.50 bits per heavy atom. The molecule has 1 aliphatic heterocycles. The summed E-state index contributed by atoms with van der Waals surface area (Å²) in [6.45, 7) is 4.66. The standard InChI is InChI=1S/C18H26N2/c1-15-13-16(14-19-17-7-3-2-4-8-17)9-10-18(15)20-11-5-6-12-20/h9-10,13-14,17H,2-8,11-12H2,1H3. The Morgan fingerprint density at radius 1 is 1.05 bits per heavy atom. The fourth-order valence-corrected chi connectivity index (χ4v) is 3.49. The van der Waals surface area contributed by atoms with E-state index in [1.54, 1.807) is 0 Å². The Kier molecular flexibility index (Phi) is 4.39. The van der Waals surface area contributed by atoms with Crippen molar-refractivity contribution in [1.29, 1.82) is 0 Å². The van der Waals surface area contributed by atoms with Gasteiger partial charge >= 0.3 is 0 Å². The van der Waals surface area contributed by atoms with E-state index in [1.165, 1.54) is 74.8 Å². The Hall–Kier alpha value is -1.31. The topological polar surface area (TPSA) is 15.6 Å². The van der Waals surface area contributed by atoms with Gasteiger partial charge in [0.25, 0.3) is 0 Å². The van der Waals surface area contributed by atoms with Crippen molar-refractivity contribution in [2.45, 2.75) is 57.9 Å². The van der Waals surface area contributed by atoms with E-state index in [0.717, 1.165) is 0 Å². The smallest absolute Gasteiger partial charge is 0.0499 e. The minimum atomic E-state index is 0.572. The summed E-state index contributed by atoms with van der Waals surface area (Å²) in [6.07, 6.45) is 11.4. The third-order valence-electron chi connectivity index (χ3n) is 4.68. The number of aryl methyl sites for hydroxylation is 1. The lowest BCUT2D eigenvalue weighted by atomic mass is 9.96. The summed E-state index contributed by atoms with van der Waals surface area (Å²) < 4.78 is 0. The molecule has 0 amide bonds. The Balaban J connectivity index is 1.68. The zero-order valence-electron chi connectivity index (χ0n) is 12.6. The quantitative estimate of drug-likeness (QED) is 0.746. The number of anilines is 1. The molecule has 0 aromatic heterocycles. The molecule has 0 unspecified atom stereocenters. The van der Waals surface area contributed by atoms with Crippen molar-refractivity contribution < 1.29 is 0 Å². The van der Waals surface area contributed by atoms with E-state index in [2.05, 4.69) is 36.2 Å². The van der Waals surface area contributed by atoms with Gasteiger partial charge in [-0.05, 0) is 55.9 Å². The third kappa shape index (κ3) is 3.23. The average Bonchev–Trinajstić information content (AvgIpc) is 3.00. The summed E-state index contributed by atoms with van der Waals surface area (Å²) in [6, 6.07) is 7.37. The molecular formula is C18H26N2. The van der Waals surface area contributed by atoms with Crippen LogP contribution in [-0.2, 0) is 0 Å². The summed E-state index contributed by atoms with van der Waals surface area (Å²) >= 11 is 0. The molecule has 0 spiro atoms. The first-order chi connectivity index (χ1) is 9.83. The van der Waals surface area contributed by atoms with Crippen LogP contribution in [0.1, 0.15) is 56.1 Å². The van der Waals surface area contributed by atoms with Crippen molar-refractivity contribution >= 4 is 11.9 Å². The van der Waals surface area contributed by atoms with E-state index >= 15 is 0 Å². The van der Waals surface area contributed by atoms with Crippen LogP contribution in [0.15, 0.2) is 23.2 Å². The maximum Gasteiger partial charge on any atom is 0.0499 e. The van der Waals surface area contributed by atoms with Gasteiger partial charge in [-0.25, -0.2) is 0 Å². The Labute approximate surface area is 122 Å². The van der Waals surface area contributed by atoms with Crippen LogP contribution in [0.5, 0.6) is 0 Å². The van der Waals surface area contributed by atoms with Crippen LogP contribution >= 0.6 is 0 Å². The van der Waals surface area contributed by atoms with E-state index in [-0.39, 0.29) is 0 Å². The molecule has 1 saturated carbocycles. The van der Waals surface area contributed by atoms with Crippen LogP contribution in [0.4, 0.5) is 5.69 Å². The first-order valence-electron chi connectivity index (χ1n) is 8.22. The molecule has 1 heterocycles. The number of nitrogens with zero attached hydrogens (tertiary/aromatic N) is 2. The highest BCUT2D eigenvalue weighted by molar-refractivity contribution is 5.81. The minimum Gasteiger partial charge on any atom is -0.371 e.